The van der Waals surface area contributed by atoms with Gasteiger partial charge < -0.3 is 14.6 Å². The lowest BCUT2D eigenvalue weighted by Gasteiger charge is -2.16. The van der Waals surface area contributed by atoms with Crippen LogP contribution in [0, 0.1) is 4.77 Å². The van der Waals surface area contributed by atoms with E-state index in [2.05, 4.69) is 10.3 Å². The molecule has 1 amide bonds. The molecule has 2 aromatic rings. The number of aromatic nitrogens is 2. The van der Waals surface area contributed by atoms with E-state index < -0.39 is 0 Å². The number of benzene rings is 1. The summed E-state index contributed by atoms with van der Waals surface area (Å²) in [5, 5.41) is 3.26. The first-order chi connectivity index (χ1) is 11.4. The molecule has 2 N–H and O–H groups in total. The molecule has 1 aromatic heterocycles. The van der Waals surface area contributed by atoms with Crippen LogP contribution in [-0.4, -0.2) is 29.1 Å². The van der Waals surface area contributed by atoms with E-state index in [-0.39, 0.29) is 11.5 Å². The fourth-order valence-electron chi connectivity index (χ4n) is 2.35. The van der Waals surface area contributed by atoms with Crippen molar-refractivity contribution >= 4 is 29.7 Å². The molecule has 0 saturated carbocycles. The van der Waals surface area contributed by atoms with Crippen molar-refractivity contribution in [1.29, 1.82) is 0 Å². The van der Waals surface area contributed by atoms with Crippen molar-refractivity contribution in [3.8, 4) is 17.0 Å². The number of carbonyl (C=O) groups excluding carboxylic acids is 1. The van der Waals surface area contributed by atoms with E-state index in [1.807, 2.05) is 0 Å². The Bertz CT molecular complexity index is 860. The summed E-state index contributed by atoms with van der Waals surface area (Å²) >= 11 is 11.4. The molecule has 0 bridgehead atoms. The molecular weight excluding hydrogens is 350 g/mol. The first kappa shape index (κ1) is 18.2. The second-order valence-corrected chi connectivity index (χ2v) is 5.98. The molecule has 0 radical (unpaired) electrons. The maximum atomic E-state index is 11.9. The Morgan fingerprint density at radius 1 is 1.42 bits per heavy atom. The summed E-state index contributed by atoms with van der Waals surface area (Å²) in [7, 11) is 1.55. The van der Waals surface area contributed by atoms with Gasteiger partial charge in [0.1, 0.15) is 5.75 Å². The van der Waals surface area contributed by atoms with E-state index >= 15 is 0 Å². The summed E-state index contributed by atoms with van der Waals surface area (Å²) in [4.78, 5) is 25.4. The third-order valence-electron chi connectivity index (χ3n) is 3.40. The van der Waals surface area contributed by atoms with Crippen LogP contribution in [0.2, 0.25) is 5.02 Å². The number of halogens is 1. The molecule has 0 aliphatic rings. The zero-order chi connectivity index (χ0) is 17.7. The van der Waals surface area contributed by atoms with Crippen molar-refractivity contribution in [2.45, 2.75) is 19.9 Å². The van der Waals surface area contributed by atoms with E-state index in [9.17, 15) is 9.59 Å². The predicted octanol–water partition coefficient (Wildman–Crippen LogP) is 2.76. The molecule has 6 nitrogen and oxygen atoms in total. The number of aromatic amines is 1. The number of ether oxygens (including phenoxy) is 1. The number of hydrogen-bond donors (Lipinski definition) is 2. The van der Waals surface area contributed by atoms with Crippen molar-refractivity contribution in [1.82, 2.24) is 14.9 Å². The predicted molar refractivity (Wildman–Crippen MR) is 96.2 cm³/mol. The summed E-state index contributed by atoms with van der Waals surface area (Å²) in [5.41, 5.74) is 1.00. The van der Waals surface area contributed by atoms with Gasteiger partial charge in [-0.05, 0) is 36.8 Å². The fourth-order valence-corrected chi connectivity index (χ4v) is 2.81. The van der Waals surface area contributed by atoms with E-state index in [0.717, 1.165) is 0 Å². The fraction of sp³-hybridized carbons (Fsp3) is 0.312. The number of methoxy groups -OCH3 is 1. The van der Waals surface area contributed by atoms with Gasteiger partial charge in [-0.15, -0.1) is 0 Å². The lowest BCUT2D eigenvalue weighted by molar-refractivity contribution is -0.118. The highest BCUT2D eigenvalue weighted by atomic mass is 35.5. The SMILES string of the molecule is COc1ccc(Cl)cc1-c1cc(=O)[nH]c(=S)n1CCCNC(C)=O. The third-order valence-corrected chi connectivity index (χ3v) is 3.96. The summed E-state index contributed by atoms with van der Waals surface area (Å²) < 4.78 is 7.48. The molecule has 0 fully saturated rings. The van der Waals surface area contributed by atoms with Gasteiger partial charge in [-0.2, -0.15) is 0 Å². The van der Waals surface area contributed by atoms with Crippen LogP contribution >= 0.6 is 23.8 Å². The van der Waals surface area contributed by atoms with Gasteiger partial charge in [-0.3, -0.25) is 14.6 Å². The van der Waals surface area contributed by atoms with Gasteiger partial charge in [0.15, 0.2) is 4.77 Å². The highest BCUT2D eigenvalue weighted by Gasteiger charge is 2.12. The maximum absolute atomic E-state index is 11.9. The molecular formula is C16H18ClN3O3S. The Hall–Kier alpha value is -2.12. The smallest absolute Gasteiger partial charge is 0.252 e. The van der Waals surface area contributed by atoms with Crippen LogP contribution in [0.4, 0.5) is 0 Å². The number of rotatable bonds is 6. The summed E-state index contributed by atoms with van der Waals surface area (Å²) in [6, 6.07) is 6.65. The van der Waals surface area contributed by atoms with Crippen LogP contribution < -0.4 is 15.6 Å². The van der Waals surface area contributed by atoms with E-state index in [1.54, 1.807) is 29.9 Å². The van der Waals surface area contributed by atoms with Gasteiger partial charge in [-0.25, -0.2) is 0 Å². The van der Waals surface area contributed by atoms with Crippen molar-refractivity contribution in [2.24, 2.45) is 0 Å². The Kier molecular flexibility index (Phi) is 6.16. The molecule has 0 saturated heterocycles. The molecule has 24 heavy (non-hydrogen) atoms. The highest BCUT2D eigenvalue weighted by Crippen LogP contribution is 2.32. The van der Waals surface area contributed by atoms with E-state index in [0.29, 0.717) is 46.3 Å². The molecule has 0 aliphatic carbocycles. The lowest BCUT2D eigenvalue weighted by atomic mass is 10.1. The number of hydrogen-bond acceptors (Lipinski definition) is 4. The maximum Gasteiger partial charge on any atom is 0.252 e. The van der Waals surface area contributed by atoms with Gasteiger partial charge in [0.25, 0.3) is 5.56 Å². The molecule has 1 aromatic carbocycles. The van der Waals surface area contributed by atoms with Crippen molar-refractivity contribution in [3.05, 3.63) is 44.4 Å². The molecule has 0 atom stereocenters. The van der Waals surface area contributed by atoms with Gasteiger partial charge in [0.05, 0.1) is 12.8 Å². The minimum Gasteiger partial charge on any atom is -0.496 e. The minimum atomic E-state index is -0.296. The van der Waals surface area contributed by atoms with Crippen molar-refractivity contribution < 1.29 is 9.53 Å². The average molecular weight is 368 g/mol. The van der Waals surface area contributed by atoms with Crippen LogP contribution in [0.5, 0.6) is 5.75 Å². The molecule has 1 heterocycles. The quantitative estimate of drug-likeness (QED) is 0.608. The Labute approximate surface area is 149 Å². The first-order valence-electron chi connectivity index (χ1n) is 7.35. The summed E-state index contributed by atoms with van der Waals surface area (Å²) in [6.45, 7) is 2.51. The number of nitrogens with zero attached hydrogens (tertiary/aromatic N) is 1. The van der Waals surface area contributed by atoms with Crippen LogP contribution in [0.15, 0.2) is 29.1 Å². The average Bonchev–Trinajstić information content (AvgIpc) is 2.52. The van der Waals surface area contributed by atoms with Crippen LogP contribution in [0.3, 0.4) is 0 Å². The monoisotopic (exact) mass is 367 g/mol. The molecule has 128 valence electrons. The Morgan fingerprint density at radius 2 is 2.17 bits per heavy atom. The second kappa shape index (κ2) is 8.12. The lowest BCUT2D eigenvalue weighted by Crippen LogP contribution is -2.23. The molecule has 8 heteroatoms. The zero-order valence-electron chi connectivity index (χ0n) is 13.4. The molecule has 2 rings (SSSR count). The standard InChI is InChI=1S/C16H18ClN3O3S/c1-10(21)18-6-3-7-20-13(9-15(22)19-16(20)24)12-8-11(17)4-5-14(12)23-2/h4-5,8-9H,3,6-7H2,1-2H3,(H,18,21)(H,19,22,24). The van der Waals surface area contributed by atoms with Gasteiger partial charge in [0.2, 0.25) is 5.91 Å². The number of amides is 1. The Balaban J connectivity index is 2.46. The number of nitrogens with one attached hydrogen (secondary N) is 2. The summed E-state index contributed by atoms with van der Waals surface area (Å²) in [5.74, 6) is 0.506. The first-order valence-corrected chi connectivity index (χ1v) is 8.13. The summed E-state index contributed by atoms with van der Waals surface area (Å²) in [6.07, 6.45) is 0.663. The number of carbonyl (C=O) groups is 1. The van der Waals surface area contributed by atoms with Crippen molar-refractivity contribution in [3.63, 3.8) is 0 Å². The van der Waals surface area contributed by atoms with Gasteiger partial charge >= 0.3 is 0 Å². The molecule has 0 spiro atoms. The van der Waals surface area contributed by atoms with E-state index in [4.69, 9.17) is 28.6 Å². The molecule has 0 aliphatic heterocycles. The van der Waals surface area contributed by atoms with Crippen molar-refractivity contribution in [2.75, 3.05) is 13.7 Å². The van der Waals surface area contributed by atoms with Crippen LogP contribution in [0.25, 0.3) is 11.3 Å². The largest absolute Gasteiger partial charge is 0.496 e. The molecule has 0 unspecified atom stereocenters. The second-order valence-electron chi connectivity index (χ2n) is 5.16. The Morgan fingerprint density at radius 3 is 2.83 bits per heavy atom. The van der Waals surface area contributed by atoms with Crippen LogP contribution in [-0.2, 0) is 11.3 Å². The van der Waals surface area contributed by atoms with E-state index in [1.165, 1.54) is 13.0 Å². The third kappa shape index (κ3) is 4.46. The topological polar surface area (TPSA) is 76.1 Å². The van der Waals surface area contributed by atoms with Gasteiger partial charge in [0, 0.05) is 36.7 Å². The minimum absolute atomic E-state index is 0.0863. The normalized spacial score (nSPS) is 10.5. The van der Waals surface area contributed by atoms with Crippen LogP contribution in [0.1, 0.15) is 13.3 Å². The zero-order valence-corrected chi connectivity index (χ0v) is 15.0. The van der Waals surface area contributed by atoms with Gasteiger partial charge in [-0.1, -0.05) is 11.6 Å². The number of H-pyrrole nitrogens is 1. The highest BCUT2D eigenvalue weighted by molar-refractivity contribution is 7.71.